The second-order valence-electron chi connectivity index (χ2n) is 7.28. The minimum absolute atomic E-state index is 0.0991. The van der Waals surface area contributed by atoms with Crippen molar-refractivity contribution in [2.75, 3.05) is 0 Å². The van der Waals surface area contributed by atoms with E-state index in [9.17, 15) is 4.39 Å². The SMILES string of the molecule is CCC(C)(C)C1CCC(N)(Cc2ccc(F)cc2)CC1. The molecule has 2 N–H and O–H groups in total. The number of nitrogens with two attached hydrogens (primary N) is 1. The third-order valence-corrected chi connectivity index (χ3v) is 5.47. The van der Waals surface area contributed by atoms with Crippen LogP contribution in [0.4, 0.5) is 4.39 Å². The molecule has 0 atom stereocenters. The summed E-state index contributed by atoms with van der Waals surface area (Å²) >= 11 is 0. The standard InChI is InChI=1S/C18H28FN/c1-4-17(2,3)15-9-11-18(20,12-10-15)13-14-5-7-16(19)8-6-14/h5-8,15H,4,9-13,20H2,1-3H3. The molecule has 0 amide bonds. The molecule has 2 rings (SSSR count). The Kier molecular flexibility index (Phi) is 4.53. The lowest BCUT2D eigenvalue weighted by molar-refractivity contribution is 0.115. The molecule has 112 valence electrons. The average molecular weight is 277 g/mol. The smallest absolute Gasteiger partial charge is 0.123 e. The van der Waals surface area contributed by atoms with Gasteiger partial charge in [0.1, 0.15) is 5.82 Å². The number of hydrogen-bond donors (Lipinski definition) is 1. The van der Waals surface area contributed by atoms with Gasteiger partial charge >= 0.3 is 0 Å². The van der Waals surface area contributed by atoms with Crippen molar-refractivity contribution in [3.63, 3.8) is 0 Å². The van der Waals surface area contributed by atoms with Crippen LogP contribution < -0.4 is 5.73 Å². The molecule has 1 nitrogen and oxygen atoms in total. The van der Waals surface area contributed by atoms with Crippen LogP contribution in [0.3, 0.4) is 0 Å². The van der Waals surface area contributed by atoms with Gasteiger partial charge in [-0.05, 0) is 61.1 Å². The van der Waals surface area contributed by atoms with Gasteiger partial charge in [0.05, 0.1) is 0 Å². The summed E-state index contributed by atoms with van der Waals surface area (Å²) in [6, 6.07) is 6.80. The summed E-state index contributed by atoms with van der Waals surface area (Å²) in [4.78, 5) is 0. The maximum atomic E-state index is 13.0. The molecule has 1 aliphatic carbocycles. The molecule has 1 aromatic rings. The molecule has 0 bridgehead atoms. The second-order valence-corrected chi connectivity index (χ2v) is 7.28. The van der Waals surface area contributed by atoms with Crippen LogP contribution in [-0.4, -0.2) is 5.54 Å². The molecule has 0 spiro atoms. The minimum Gasteiger partial charge on any atom is -0.325 e. The molecule has 0 radical (unpaired) electrons. The largest absolute Gasteiger partial charge is 0.325 e. The van der Waals surface area contributed by atoms with Crippen molar-refractivity contribution in [3.05, 3.63) is 35.6 Å². The Labute approximate surface area is 122 Å². The molecule has 1 aromatic carbocycles. The van der Waals surface area contributed by atoms with Gasteiger partial charge in [-0.15, -0.1) is 0 Å². The number of benzene rings is 1. The van der Waals surface area contributed by atoms with E-state index < -0.39 is 0 Å². The van der Waals surface area contributed by atoms with Gasteiger partial charge in [-0.2, -0.15) is 0 Å². The molecule has 2 heteroatoms. The third kappa shape index (κ3) is 3.60. The van der Waals surface area contributed by atoms with Crippen LogP contribution in [0, 0.1) is 17.2 Å². The van der Waals surface area contributed by atoms with Gasteiger partial charge in [-0.1, -0.05) is 39.3 Å². The van der Waals surface area contributed by atoms with Crippen molar-refractivity contribution in [2.24, 2.45) is 17.1 Å². The highest BCUT2D eigenvalue weighted by molar-refractivity contribution is 5.19. The second kappa shape index (κ2) is 5.85. The van der Waals surface area contributed by atoms with E-state index in [4.69, 9.17) is 5.73 Å². The first-order valence-electron chi connectivity index (χ1n) is 7.88. The zero-order valence-electron chi connectivity index (χ0n) is 13.1. The summed E-state index contributed by atoms with van der Waals surface area (Å²) in [6.07, 6.45) is 6.70. The van der Waals surface area contributed by atoms with Gasteiger partial charge < -0.3 is 5.73 Å². The number of halogens is 1. The molecule has 0 unspecified atom stereocenters. The number of hydrogen-bond acceptors (Lipinski definition) is 1. The Morgan fingerprint density at radius 1 is 1.20 bits per heavy atom. The first kappa shape index (κ1) is 15.5. The molecule has 0 heterocycles. The Morgan fingerprint density at radius 2 is 1.75 bits per heavy atom. The highest BCUT2D eigenvalue weighted by Crippen LogP contribution is 2.43. The molecule has 0 saturated heterocycles. The maximum absolute atomic E-state index is 13.0. The first-order chi connectivity index (χ1) is 9.35. The van der Waals surface area contributed by atoms with Crippen molar-refractivity contribution in [2.45, 2.75) is 64.8 Å². The lowest BCUT2D eigenvalue weighted by atomic mass is 9.65. The van der Waals surface area contributed by atoms with Gasteiger partial charge in [0, 0.05) is 5.54 Å². The normalized spacial score (nSPS) is 27.6. The Balaban J connectivity index is 1.96. The zero-order chi connectivity index (χ0) is 14.8. The maximum Gasteiger partial charge on any atom is 0.123 e. The highest BCUT2D eigenvalue weighted by Gasteiger charge is 2.37. The monoisotopic (exact) mass is 277 g/mol. The summed E-state index contributed by atoms with van der Waals surface area (Å²) < 4.78 is 13.0. The van der Waals surface area contributed by atoms with E-state index in [1.807, 2.05) is 12.1 Å². The van der Waals surface area contributed by atoms with Gasteiger partial charge in [-0.25, -0.2) is 4.39 Å². The van der Waals surface area contributed by atoms with Crippen molar-refractivity contribution in [3.8, 4) is 0 Å². The summed E-state index contributed by atoms with van der Waals surface area (Å²) in [6.45, 7) is 7.03. The van der Waals surface area contributed by atoms with Crippen LogP contribution in [0.2, 0.25) is 0 Å². The van der Waals surface area contributed by atoms with Crippen LogP contribution in [-0.2, 0) is 6.42 Å². The van der Waals surface area contributed by atoms with Crippen molar-refractivity contribution in [1.82, 2.24) is 0 Å². The third-order valence-electron chi connectivity index (χ3n) is 5.47. The van der Waals surface area contributed by atoms with Crippen LogP contribution in [0.15, 0.2) is 24.3 Å². The average Bonchev–Trinajstić information content (AvgIpc) is 2.42. The molecule has 0 aliphatic heterocycles. The van der Waals surface area contributed by atoms with Gasteiger partial charge in [-0.3, -0.25) is 0 Å². The van der Waals surface area contributed by atoms with Crippen molar-refractivity contribution >= 4 is 0 Å². The minimum atomic E-state index is -0.173. The molecular weight excluding hydrogens is 249 g/mol. The van der Waals surface area contributed by atoms with Crippen LogP contribution >= 0.6 is 0 Å². The predicted molar refractivity (Wildman–Crippen MR) is 83.1 cm³/mol. The molecule has 20 heavy (non-hydrogen) atoms. The Hall–Kier alpha value is -0.890. The molecule has 1 aliphatic rings. The van der Waals surface area contributed by atoms with Crippen LogP contribution in [0.1, 0.15) is 58.4 Å². The fourth-order valence-corrected chi connectivity index (χ4v) is 3.45. The lowest BCUT2D eigenvalue weighted by Crippen LogP contribution is -2.47. The highest BCUT2D eigenvalue weighted by atomic mass is 19.1. The Morgan fingerprint density at radius 3 is 2.25 bits per heavy atom. The predicted octanol–water partition coefficient (Wildman–Crippen LogP) is 4.69. The fraction of sp³-hybridized carbons (Fsp3) is 0.667. The zero-order valence-corrected chi connectivity index (χ0v) is 13.1. The van der Waals surface area contributed by atoms with E-state index in [1.165, 1.54) is 31.4 Å². The molecular formula is C18H28FN. The Bertz CT molecular complexity index is 427. The fourth-order valence-electron chi connectivity index (χ4n) is 3.45. The number of rotatable bonds is 4. The van der Waals surface area contributed by atoms with Crippen molar-refractivity contribution in [1.29, 1.82) is 0 Å². The van der Waals surface area contributed by atoms with E-state index in [1.54, 1.807) is 0 Å². The van der Waals surface area contributed by atoms with E-state index in [0.717, 1.165) is 30.7 Å². The van der Waals surface area contributed by atoms with E-state index in [-0.39, 0.29) is 11.4 Å². The quantitative estimate of drug-likeness (QED) is 0.848. The van der Waals surface area contributed by atoms with E-state index in [2.05, 4.69) is 20.8 Å². The van der Waals surface area contributed by atoms with E-state index in [0.29, 0.717) is 5.41 Å². The summed E-state index contributed by atoms with van der Waals surface area (Å²) in [5.74, 6) is 0.616. The summed E-state index contributed by atoms with van der Waals surface area (Å²) in [5, 5.41) is 0. The van der Waals surface area contributed by atoms with Crippen LogP contribution in [0.5, 0.6) is 0 Å². The van der Waals surface area contributed by atoms with Crippen LogP contribution in [0.25, 0.3) is 0 Å². The van der Waals surface area contributed by atoms with Gasteiger partial charge in [0.25, 0.3) is 0 Å². The van der Waals surface area contributed by atoms with E-state index >= 15 is 0 Å². The topological polar surface area (TPSA) is 26.0 Å². The van der Waals surface area contributed by atoms with Gasteiger partial charge in [0.2, 0.25) is 0 Å². The van der Waals surface area contributed by atoms with Gasteiger partial charge in [0.15, 0.2) is 0 Å². The summed E-state index contributed by atoms with van der Waals surface area (Å²) in [7, 11) is 0. The molecule has 1 fully saturated rings. The molecule has 0 aromatic heterocycles. The van der Waals surface area contributed by atoms with Crippen molar-refractivity contribution < 1.29 is 4.39 Å². The first-order valence-corrected chi connectivity index (χ1v) is 7.88. The summed E-state index contributed by atoms with van der Waals surface area (Å²) in [5.41, 5.74) is 8.07. The lowest BCUT2D eigenvalue weighted by Gasteiger charge is -2.43. The molecule has 1 saturated carbocycles.